The van der Waals surface area contributed by atoms with Crippen LogP contribution >= 0.6 is 0 Å². The Kier molecular flexibility index (Phi) is 2.96. The van der Waals surface area contributed by atoms with Crippen LogP contribution in [0, 0.1) is 18.6 Å². The number of hydrogen-bond donors (Lipinski definition) is 1. The first-order valence-corrected chi connectivity index (χ1v) is 3.87. The largest absolute Gasteiger partial charge is 0.478 e. The van der Waals surface area contributed by atoms with Crippen LogP contribution in [0.1, 0.15) is 11.1 Å². The highest BCUT2D eigenvalue weighted by Gasteiger charge is 2.05. The van der Waals surface area contributed by atoms with Crippen molar-refractivity contribution in [3.05, 3.63) is 41.0 Å². The second-order valence-corrected chi connectivity index (χ2v) is 2.80. The van der Waals surface area contributed by atoms with Crippen LogP contribution in [0.5, 0.6) is 0 Å². The molecule has 0 spiro atoms. The lowest BCUT2D eigenvalue weighted by Crippen LogP contribution is -1.92. The summed E-state index contributed by atoms with van der Waals surface area (Å²) >= 11 is 0. The van der Waals surface area contributed by atoms with Crippen LogP contribution < -0.4 is 0 Å². The van der Waals surface area contributed by atoms with E-state index in [-0.39, 0.29) is 11.1 Å². The molecule has 0 radical (unpaired) electrons. The Bertz CT molecular complexity index is 397. The summed E-state index contributed by atoms with van der Waals surface area (Å²) in [5.74, 6) is -2.40. The Labute approximate surface area is 79.5 Å². The van der Waals surface area contributed by atoms with Gasteiger partial charge >= 0.3 is 5.97 Å². The lowest BCUT2D eigenvalue weighted by atomic mass is 10.1. The normalized spacial score (nSPS) is 10.8. The van der Waals surface area contributed by atoms with Gasteiger partial charge in [0, 0.05) is 11.6 Å². The van der Waals surface area contributed by atoms with Gasteiger partial charge < -0.3 is 5.11 Å². The lowest BCUT2D eigenvalue weighted by molar-refractivity contribution is -0.131. The number of halogens is 2. The summed E-state index contributed by atoms with van der Waals surface area (Å²) in [6.45, 7) is 1.41. The molecule has 0 saturated heterocycles. The molecule has 0 fully saturated rings. The van der Waals surface area contributed by atoms with Crippen LogP contribution in [-0.4, -0.2) is 11.1 Å². The number of carboxylic acids is 1. The third kappa shape index (κ3) is 2.39. The number of carboxylic acid groups (broad SMARTS) is 1. The van der Waals surface area contributed by atoms with E-state index in [2.05, 4.69) is 0 Å². The van der Waals surface area contributed by atoms with Gasteiger partial charge in [-0.1, -0.05) is 0 Å². The number of hydrogen-bond acceptors (Lipinski definition) is 1. The quantitative estimate of drug-likeness (QED) is 0.740. The first kappa shape index (κ1) is 10.4. The second-order valence-electron chi connectivity index (χ2n) is 2.80. The summed E-state index contributed by atoms with van der Waals surface area (Å²) < 4.78 is 26.0. The van der Waals surface area contributed by atoms with Gasteiger partial charge in [-0.15, -0.1) is 0 Å². The third-order valence-corrected chi connectivity index (χ3v) is 1.65. The summed E-state index contributed by atoms with van der Waals surface area (Å²) in [4.78, 5) is 10.2. The van der Waals surface area contributed by atoms with E-state index in [0.29, 0.717) is 0 Å². The van der Waals surface area contributed by atoms with Gasteiger partial charge in [0.2, 0.25) is 0 Å². The number of aliphatic carboxylic acids is 1. The van der Waals surface area contributed by atoms with Crippen molar-refractivity contribution in [1.29, 1.82) is 0 Å². The number of rotatable bonds is 2. The van der Waals surface area contributed by atoms with E-state index in [1.807, 2.05) is 0 Å². The Morgan fingerprint density at radius 1 is 1.43 bits per heavy atom. The molecule has 0 aliphatic rings. The zero-order valence-corrected chi connectivity index (χ0v) is 7.42. The summed E-state index contributed by atoms with van der Waals surface area (Å²) in [7, 11) is 0. The van der Waals surface area contributed by atoms with Crippen LogP contribution in [-0.2, 0) is 4.79 Å². The topological polar surface area (TPSA) is 37.3 Å². The molecule has 1 aromatic rings. The predicted molar refractivity (Wildman–Crippen MR) is 47.8 cm³/mol. The molecule has 4 heteroatoms. The molecule has 0 aliphatic carbocycles. The standard InChI is InChI=1S/C10H8F2O2/c1-6-4-8(11)5-7(10(6)12)2-3-9(13)14/h2-5H,1H3,(H,13,14)/b3-2+. The van der Waals surface area contributed by atoms with Gasteiger partial charge in [0.05, 0.1) is 0 Å². The number of carbonyl (C=O) groups is 1. The average Bonchev–Trinajstić information content (AvgIpc) is 2.08. The monoisotopic (exact) mass is 198 g/mol. The van der Waals surface area contributed by atoms with Crippen molar-refractivity contribution in [2.75, 3.05) is 0 Å². The molecular weight excluding hydrogens is 190 g/mol. The van der Waals surface area contributed by atoms with Crippen LogP contribution in [0.4, 0.5) is 8.78 Å². The van der Waals surface area contributed by atoms with Crippen LogP contribution in [0.3, 0.4) is 0 Å². The van der Waals surface area contributed by atoms with Gasteiger partial charge in [0.1, 0.15) is 11.6 Å². The molecule has 0 unspecified atom stereocenters. The summed E-state index contributed by atoms with van der Waals surface area (Å²) in [6.07, 6.45) is 1.78. The van der Waals surface area contributed by atoms with Crippen molar-refractivity contribution >= 4 is 12.0 Å². The van der Waals surface area contributed by atoms with Gasteiger partial charge in [-0.2, -0.15) is 0 Å². The summed E-state index contributed by atoms with van der Waals surface area (Å²) in [6, 6.07) is 2.00. The van der Waals surface area contributed by atoms with Crippen molar-refractivity contribution in [2.45, 2.75) is 6.92 Å². The third-order valence-electron chi connectivity index (χ3n) is 1.65. The van der Waals surface area contributed by atoms with Crippen molar-refractivity contribution < 1.29 is 18.7 Å². The minimum Gasteiger partial charge on any atom is -0.478 e. The molecule has 14 heavy (non-hydrogen) atoms. The van der Waals surface area contributed by atoms with Crippen molar-refractivity contribution in [3.8, 4) is 0 Å². The van der Waals surface area contributed by atoms with Crippen LogP contribution in [0.25, 0.3) is 6.08 Å². The van der Waals surface area contributed by atoms with E-state index in [1.54, 1.807) is 0 Å². The Balaban J connectivity index is 3.14. The fraction of sp³-hybridized carbons (Fsp3) is 0.100. The second kappa shape index (κ2) is 4.00. The van der Waals surface area contributed by atoms with Gasteiger partial charge in [0.25, 0.3) is 0 Å². The zero-order valence-electron chi connectivity index (χ0n) is 7.42. The van der Waals surface area contributed by atoms with Gasteiger partial charge in [-0.3, -0.25) is 0 Å². The van der Waals surface area contributed by atoms with Crippen molar-refractivity contribution in [2.24, 2.45) is 0 Å². The maximum Gasteiger partial charge on any atom is 0.328 e. The maximum atomic E-state index is 13.2. The zero-order chi connectivity index (χ0) is 10.7. The van der Waals surface area contributed by atoms with Crippen LogP contribution in [0.2, 0.25) is 0 Å². The molecular formula is C10H8F2O2. The Hall–Kier alpha value is -1.71. The molecule has 0 aromatic heterocycles. The molecule has 2 nitrogen and oxygen atoms in total. The fourth-order valence-electron chi connectivity index (χ4n) is 1.03. The molecule has 0 atom stereocenters. The highest BCUT2D eigenvalue weighted by molar-refractivity contribution is 5.85. The minimum absolute atomic E-state index is 0.0649. The summed E-state index contributed by atoms with van der Waals surface area (Å²) in [5, 5.41) is 8.30. The lowest BCUT2D eigenvalue weighted by Gasteiger charge is -2.00. The van der Waals surface area contributed by atoms with E-state index in [1.165, 1.54) is 6.92 Å². The van der Waals surface area contributed by atoms with E-state index in [4.69, 9.17) is 5.11 Å². The molecule has 0 heterocycles. The highest BCUT2D eigenvalue weighted by atomic mass is 19.1. The first-order valence-electron chi connectivity index (χ1n) is 3.87. The van der Waals surface area contributed by atoms with Crippen LogP contribution in [0.15, 0.2) is 18.2 Å². The molecule has 0 saturated carbocycles. The molecule has 1 N–H and O–H groups in total. The fourth-order valence-corrected chi connectivity index (χ4v) is 1.03. The molecule has 74 valence electrons. The van der Waals surface area contributed by atoms with Gasteiger partial charge in [-0.25, -0.2) is 13.6 Å². The van der Waals surface area contributed by atoms with E-state index < -0.39 is 17.6 Å². The number of benzene rings is 1. The predicted octanol–water partition coefficient (Wildman–Crippen LogP) is 2.37. The van der Waals surface area contributed by atoms with Gasteiger partial charge in [0.15, 0.2) is 0 Å². The van der Waals surface area contributed by atoms with Gasteiger partial charge in [-0.05, 0) is 30.7 Å². The van der Waals surface area contributed by atoms with E-state index in [0.717, 1.165) is 24.3 Å². The van der Waals surface area contributed by atoms with E-state index in [9.17, 15) is 13.6 Å². The summed E-state index contributed by atoms with van der Waals surface area (Å²) in [5.41, 5.74) is 0.0833. The van der Waals surface area contributed by atoms with E-state index >= 15 is 0 Å². The smallest absolute Gasteiger partial charge is 0.328 e. The average molecular weight is 198 g/mol. The van der Waals surface area contributed by atoms with Crippen molar-refractivity contribution in [1.82, 2.24) is 0 Å². The molecule has 0 bridgehead atoms. The maximum absolute atomic E-state index is 13.2. The molecule has 0 aliphatic heterocycles. The minimum atomic E-state index is -1.20. The molecule has 1 aromatic carbocycles. The first-order chi connectivity index (χ1) is 6.50. The number of aryl methyl sites for hydroxylation is 1. The SMILES string of the molecule is Cc1cc(F)cc(/C=C/C(=O)O)c1F. The van der Waals surface area contributed by atoms with Crippen molar-refractivity contribution in [3.63, 3.8) is 0 Å². The Morgan fingerprint density at radius 3 is 2.64 bits per heavy atom. The molecule has 0 amide bonds. The highest BCUT2D eigenvalue weighted by Crippen LogP contribution is 2.15. The Morgan fingerprint density at radius 2 is 2.07 bits per heavy atom. The molecule has 1 rings (SSSR count).